The topological polar surface area (TPSA) is 77.4 Å². The first kappa shape index (κ1) is 9.18. The van der Waals surface area contributed by atoms with E-state index >= 15 is 0 Å². The van der Waals surface area contributed by atoms with Gasteiger partial charge in [-0.2, -0.15) is 5.10 Å². The number of hydrazone groups is 1. The Morgan fingerprint density at radius 3 is 2.69 bits per heavy atom. The summed E-state index contributed by atoms with van der Waals surface area (Å²) in [6.45, 7) is 1.69. The van der Waals surface area contributed by atoms with Crippen LogP contribution >= 0.6 is 0 Å². The number of rotatable bonds is 2. The SMILES string of the molecule is C/C(=N/NC(=O)[O-])c1ccncc1. The number of hydrogen-bond acceptors (Lipinski definition) is 4. The molecule has 0 atom stereocenters. The number of pyridine rings is 1. The second kappa shape index (κ2) is 4.20. The van der Waals surface area contributed by atoms with Crippen LogP contribution in [0.3, 0.4) is 0 Å². The summed E-state index contributed by atoms with van der Waals surface area (Å²) in [5, 5.41) is 13.6. The van der Waals surface area contributed by atoms with Gasteiger partial charge in [0.05, 0.1) is 5.71 Å². The molecule has 5 nitrogen and oxygen atoms in total. The Balaban J connectivity index is 2.73. The molecule has 68 valence electrons. The number of nitrogens with one attached hydrogen (secondary N) is 1. The van der Waals surface area contributed by atoms with E-state index in [1.165, 1.54) is 0 Å². The van der Waals surface area contributed by atoms with E-state index in [1.807, 2.05) is 5.43 Å². The number of amides is 1. The molecule has 0 unspecified atom stereocenters. The molecule has 0 fully saturated rings. The van der Waals surface area contributed by atoms with Crippen LogP contribution in [-0.4, -0.2) is 16.8 Å². The van der Waals surface area contributed by atoms with Crippen LogP contribution in [0.15, 0.2) is 29.6 Å². The highest BCUT2D eigenvalue weighted by Gasteiger charge is 1.94. The van der Waals surface area contributed by atoms with Crippen molar-refractivity contribution in [3.63, 3.8) is 0 Å². The first-order valence-corrected chi connectivity index (χ1v) is 3.62. The van der Waals surface area contributed by atoms with Gasteiger partial charge >= 0.3 is 0 Å². The lowest BCUT2D eigenvalue weighted by Gasteiger charge is -2.02. The van der Waals surface area contributed by atoms with E-state index in [-0.39, 0.29) is 0 Å². The summed E-state index contributed by atoms with van der Waals surface area (Å²) in [5.74, 6) is 0. The second-order valence-electron chi connectivity index (χ2n) is 2.33. The molecule has 0 aliphatic carbocycles. The third-order valence-electron chi connectivity index (χ3n) is 1.41. The van der Waals surface area contributed by atoms with Gasteiger partial charge in [-0.15, -0.1) is 0 Å². The number of carbonyl (C=O) groups excluding carboxylic acids is 1. The van der Waals surface area contributed by atoms with E-state index in [4.69, 9.17) is 0 Å². The van der Waals surface area contributed by atoms with Gasteiger partial charge < -0.3 is 9.90 Å². The molecule has 1 heterocycles. The molecule has 0 aliphatic heterocycles. The highest BCUT2D eigenvalue weighted by molar-refractivity contribution is 5.98. The molecule has 13 heavy (non-hydrogen) atoms. The Morgan fingerprint density at radius 1 is 1.54 bits per heavy atom. The normalized spacial score (nSPS) is 11.0. The monoisotopic (exact) mass is 178 g/mol. The third-order valence-corrected chi connectivity index (χ3v) is 1.41. The average molecular weight is 178 g/mol. The number of hydrogen-bond donors (Lipinski definition) is 1. The largest absolute Gasteiger partial charge is 0.529 e. The third kappa shape index (κ3) is 2.90. The van der Waals surface area contributed by atoms with Crippen LogP contribution in [0, 0.1) is 0 Å². The number of carboxylic acid groups (broad SMARTS) is 1. The van der Waals surface area contributed by atoms with Crippen LogP contribution < -0.4 is 10.5 Å². The smallest absolute Gasteiger partial charge is 0.155 e. The fraction of sp³-hybridized carbons (Fsp3) is 0.125. The van der Waals surface area contributed by atoms with Gasteiger partial charge in [-0.3, -0.25) is 10.4 Å². The van der Waals surface area contributed by atoms with Crippen molar-refractivity contribution in [1.29, 1.82) is 0 Å². The Bertz CT molecular complexity index is 321. The summed E-state index contributed by atoms with van der Waals surface area (Å²) in [4.78, 5) is 13.8. The van der Waals surface area contributed by atoms with Crippen LogP contribution in [0.25, 0.3) is 0 Å². The van der Waals surface area contributed by atoms with Gasteiger partial charge in [-0.1, -0.05) is 0 Å². The first-order valence-electron chi connectivity index (χ1n) is 3.62. The molecule has 0 bridgehead atoms. The molecular formula is C8H8N3O2-. The number of carbonyl (C=O) groups is 1. The highest BCUT2D eigenvalue weighted by atomic mass is 16.4. The Hall–Kier alpha value is -1.91. The number of nitrogens with zero attached hydrogens (tertiary/aromatic N) is 2. The quantitative estimate of drug-likeness (QED) is 0.500. The second-order valence-corrected chi connectivity index (χ2v) is 2.33. The Morgan fingerprint density at radius 2 is 2.15 bits per heavy atom. The molecule has 1 aromatic heterocycles. The van der Waals surface area contributed by atoms with Gasteiger partial charge in [0.15, 0.2) is 6.09 Å². The van der Waals surface area contributed by atoms with Crippen LogP contribution in [0.2, 0.25) is 0 Å². The summed E-state index contributed by atoms with van der Waals surface area (Å²) < 4.78 is 0. The molecule has 0 aliphatic rings. The van der Waals surface area contributed by atoms with Crippen molar-refractivity contribution in [2.45, 2.75) is 6.92 Å². The minimum Gasteiger partial charge on any atom is -0.529 e. The van der Waals surface area contributed by atoms with Gasteiger partial charge in [0.1, 0.15) is 0 Å². The van der Waals surface area contributed by atoms with Gasteiger partial charge in [0, 0.05) is 18.0 Å². The first-order chi connectivity index (χ1) is 6.20. The fourth-order valence-electron chi connectivity index (χ4n) is 0.787. The fourth-order valence-corrected chi connectivity index (χ4v) is 0.787. The standard InChI is InChI=1S/C8H9N3O2/c1-6(10-11-8(12)13)7-2-4-9-5-3-7/h2-5,11H,1H3,(H,12,13)/p-1/b10-6-. The summed E-state index contributed by atoms with van der Waals surface area (Å²) in [7, 11) is 0. The van der Waals surface area contributed by atoms with Crippen molar-refractivity contribution in [1.82, 2.24) is 10.4 Å². The van der Waals surface area contributed by atoms with Gasteiger partial charge in [-0.05, 0) is 19.1 Å². The summed E-state index contributed by atoms with van der Waals surface area (Å²) in [6, 6.07) is 3.46. The molecule has 0 aromatic carbocycles. The number of aromatic nitrogens is 1. The molecule has 1 rings (SSSR count). The lowest BCUT2D eigenvalue weighted by atomic mass is 10.2. The van der Waals surface area contributed by atoms with E-state index in [0.717, 1.165) is 5.56 Å². The minimum absolute atomic E-state index is 0.562. The van der Waals surface area contributed by atoms with Gasteiger partial charge in [0.2, 0.25) is 0 Å². The van der Waals surface area contributed by atoms with E-state index in [2.05, 4.69) is 10.1 Å². The molecule has 0 saturated heterocycles. The maximum Gasteiger partial charge on any atom is 0.155 e. The maximum atomic E-state index is 9.99. The van der Waals surface area contributed by atoms with Crippen molar-refractivity contribution in [2.24, 2.45) is 5.10 Å². The summed E-state index contributed by atoms with van der Waals surface area (Å²) in [6.07, 6.45) is 1.79. The van der Waals surface area contributed by atoms with Crippen molar-refractivity contribution in [2.75, 3.05) is 0 Å². The van der Waals surface area contributed by atoms with E-state index in [9.17, 15) is 9.90 Å². The lowest BCUT2D eigenvalue weighted by Crippen LogP contribution is -2.33. The molecule has 1 aromatic rings. The zero-order valence-electron chi connectivity index (χ0n) is 7.02. The molecule has 0 saturated carbocycles. The maximum absolute atomic E-state index is 9.99. The predicted molar refractivity (Wildman–Crippen MR) is 45.0 cm³/mol. The zero-order chi connectivity index (χ0) is 9.68. The van der Waals surface area contributed by atoms with Crippen molar-refractivity contribution < 1.29 is 9.90 Å². The average Bonchev–Trinajstić information content (AvgIpc) is 2.15. The van der Waals surface area contributed by atoms with E-state index in [1.54, 1.807) is 31.5 Å². The summed E-state index contributed by atoms with van der Waals surface area (Å²) >= 11 is 0. The van der Waals surface area contributed by atoms with Gasteiger partial charge in [-0.25, -0.2) is 0 Å². The van der Waals surface area contributed by atoms with Crippen molar-refractivity contribution >= 4 is 11.8 Å². The minimum atomic E-state index is -1.42. The Labute approximate surface area is 75.1 Å². The molecule has 1 N–H and O–H groups in total. The molecular weight excluding hydrogens is 170 g/mol. The lowest BCUT2D eigenvalue weighted by molar-refractivity contribution is -0.250. The molecule has 0 radical (unpaired) electrons. The van der Waals surface area contributed by atoms with Crippen LogP contribution in [0.1, 0.15) is 12.5 Å². The highest BCUT2D eigenvalue weighted by Crippen LogP contribution is 1.97. The van der Waals surface area contributed by atoms with Gasteiger partial charge in [0.25, 0.3) is 0 Å². The Kier molecular flexibility index (Phi) is 2.97. The predicted octanol–water partition coefficient (Wildman–Crippen LogP) is -0.262. The van der Waals surface area contributed by atoms with Crippen LogP contribution in [-0.2, 0) is 0 Å². The van der Waals surface area contributed by atoms with E-state index < -0.39 is 6.09 Å². The van der Waals surface area contributed by atoms with Crippen LogP contribution in [0.5, 0.6) is 0 Å². The molecule has 0 spiro atoms. The molecule has 1 amide bonds. The zero-order valence-corrected chi connectivity index (χ0v) is 7.02. The van der Waals surface area contributed by atoms with Crippen molar-refractivity contribution in [3.8, 4) is 0 Å². The van der Waals surface area contributed by atoms with Crippen LogP contribution in [0.4, 0.5) is 4.79 Å². The summed E-state index contributed by atoms with van der Waals surface area (Å²) in [5.41, 5.74) is 3.19. The molecule has 5 heteroatoms. The van der Waals surface area contributed by atoms with Crippen molar-refractivity contribution in [3.05, 3.63) is 30.1 Å². The van der Waals surface area contributed by atoms with E-state index in [0.29, 0.717) is 5.71 Å².